The predicted octanol–water partition coefficient (Wildman–Crippen LogP) is 3.77. The van der Waals surface area contributed by atoms with Crippen molar-refractivity contribution in [3.63, 3.8) is 0 Å². The molecule has 18 heavy (non-hydrogen) atoms. The molecule has 1 N–H and O–H groups in total. The van der Waals surface area contributed by atoms with Gasteiger partial charge in [0.15, 0.2) is 5.17 Å². The van der Waals surface area contributed by atoms with E-state index in [9.17, 15) is 0 Å². The van der Waals surface area contributed by atoms with Crippen molar-refractivity contribution < 1.29 is 0 Å². The Bertz CT molecular complexity index is 423. The lowest BCUT2D eigenvalue weighted by molar-refractivity contribution is 0.621. The van der Waals surface area contributed by atoms with E-state index in [0.29, 0.717) is 17.2 Å². The highest BCUT2D eigenvalue weighted by atomic mass is 32.2. The highest BCUT2D eigenvalue weighted by Crippen LogP contribution is 2.27. The van der Waals surface area contributed by atoms with Crippen LogP contribution in [0.1, 0.15) is 37.9 Å². The maximum Gasteiger partial charge on any atom is 0.157 e. The Hall–Kier alpha value is -0.960. The lowest BCUT2D eigenvalue weighted by atomic mass is 10.1. The van der Waals surface area contributed by atoms with Crippen LogP contribution in [0.5, 0.6) is 0 Å². The van der Waals surface area contributed by atoms with Crippen LogP contribution in [0.15, 0.2) is 29.3 Å². The van der Waals surface area contributed by atoms with Gasteiger partial charge in [-0.2, -0.15) is 0 Å². The lowest BCUT2D eigenvalue weighted by Gasteiger charge is -2.17. The molecule has 1 aromatic rings. The van der Waals surface area contributed by atoms with Gasteiger partial charge in [0, 0.05) is 5.25 Å². The molecule has 2 atom stereocenters. The molecule has 1 aliphatic heterocycles. The zero-order valence-electron chi connectivity index (χ0n) is 11.6. The summed E-state index contributed by atoms with van der Waals surface area (Å²) in [7, 11) is 0. The second-order valence-corrected chi connectivity index (χ2v) is 6.55. The minimum Gasteiger partial charge on any atom is -0.358 e. The van der Waals surface area contributed by atoms with Crippen LogP contribution in [0, 0.1) is 12.8 Å². The zero-order valence-corrected chi connectivity index (χ0v) is 12.4. The summed E-state index contributed by atoms with van der Waals surface area (Å²) >= 11 is 1.88. The van der Waals surface area contributed by atoms with Crippen LogP contribution < -0.4 is 5.32 Å². The molecule has 1 aromatic carbocycles. The molecule has 0 aliphatic carbocycles. The number of benzene rings is 1. The fourth-order valence-corrected chi connectivity index (χ4v) is 3.04. The molecule has 0 spiro atoms. The molecule has 2 unspecified atom stereocenters. The van der Waals surface area contributed by atoms with Crippen molar-refractivity contribution in [2.45, 2.75) is 39.0 Å². The maximum absolute atomic E-state index is 4.59. The number of nitrogens with zero attached hydrogens (tertiary/aromatic N) is 1. The zero-order chi connectivity index (χ0) is 13.1. The van der Waals surface area contributed by atoms with Crippen molar-refractivity contribution in [1.82, 2.24) is 5.32 Å². The van der Waals surface area contributed by atoms with Gasteiger partial charge in [0.25, 0.3) is 0 Å². The molecule has 98 valence electrons. The summed E-state index contributed by atoms with van der Waals surface area (Å²) in [6, 6.07) is 9.02. The quantitative estimate of drug-likeness (QED) is 0.896. The van der Waals surface area contributed by atoms with Gasteiger partial charge in [0.1, 0.15) is 0 Å². The van der Waals surface area contributed by atoms with Crippen LogP contribution in [0.3, 0.4) is 0 Å². The molecule has 0 saturated heterocycles. The number of hydrogen-bond donors (Lipinski definition) is 1. The normalized spacial score (nSPS) is 20.9. The van der Waals surface area contributed by atoms with Gasteiger partial charge >= 0.3 is 0 Å². The molecule has 0 bridgehead atoms. The number of aliphatic imine (C=N–C) groups is 1. The highest BCUT2D eigenvalue weighted by Gasteiger charge is 2.23. The van der Waals surface area contributed by atoms with Crippen molar-refractivity contribution >= 4 is 16.9 Å². The molecule has 1 heterocycles. The average molecular weight is 262 g/mol. The van der Waals surface area contributed by atoms with Crippen molar-refractivity contribution in [3.05, 3.63) is 35.4 Å². The van der Waals surface area contributed by atoms with E-state index in [-0.39, 0.29) is 0 Å². The second kappa shape index (κ2) is 5.79. The number of thioether (sulfide) groups is 1. The Labute approximate surface area is 114 Å². The summed E-state index contributed by atoms with van der Waals surface area (Å²) < 4.78 is 0. The van der Waals surface area contributed by atoms with Gasteiger partial charge in [-0.25, -0.2) is 0 Å². The van der Waals surface area contributed by atoms with Crippen LogP contribution in [0.4, 0.5) is 0 Å². The molecule has 2 rings (SSSR count). The van der Waals surface area contributed by atoms with Gasteiger partial charge in [0.05, 0.1) is 12.6 Å². The molecule has 1 aliphatic rings. The van der Waals surface area contributed by atoms with Crippen LogP contribution in [-0.4, -0.2) is 17.0 Å². The van der Waals surface area contributed by atoms with Gasteiger partial charge in [-0.15, -0.1) is 0 Å². The van der Waals surface area contributed by atoms with Crippen LogP contribution in [0.25, 0.3) is 0 Å². The lowest BCUT2D eigenvalue weighted by Crippen LogP contribution is -2.24. The SMILES string of the molecule is Cc1ccc(C(C)NC2=NCC(C(C)C)S2)cc1. The van der Waals surface area contributed by atoms with E-state index in [2.05, 4.69) is 62.3 Å². The standard InChI is InChI=1S/C15H22N2S/c1-10(2)14-9-16-15(18-14)17-12(4)13-7-5-11(3)6-8-13/h5-8,10,12,14H,9H2,1-4H3,(H,16,17). The van der Waals surface area contributed by atoms with E-state index in [1.54, 1.807) is 0 Å². The number of nitrogens with one attached hydrogen (secondary N) is 1. The fourth-order valence-electron chi connectivity index (χ4n) is 1.94. The van der Waals surface area contributed by atoms with E-state index in [0.717, 1.165) is 11.7 Å². The fraction of sp³-hybridized carbons (Fsp3) is 0.533. The largest absolute Gasteiger partial charge is 0.358 e. The van der Waals surface area contributed by atoms with E-state index in [1.807, 2.05) is 11.8 Å². The maximum atomic E-state index is 4.59. The van der Waals surface area contributed by atoms with Crippen molar-refractivity contribution in [2.24, 2.45) is 10.9 Å². The number of rotatable bonds is 3. The molecular formula is C15H22N2S. The van der Waals surface area contributed by atoms with Crippen LogP contribution >= 0.6 is 11.8 Å². The molecule has 0 radical (unpaired) electrons. The Kier molecular flexibility index (Phi) is 4.33. The highest BCUT2D eigenvalue weighted by molar-refractivity contribution is 8.14. The van der Waals surface area contributed by atoms with E-state index < -0.39 is 0 Å². The molecule has 0 amide bonds. The summed E-state index contributed by atoms with van der Waals surface area (Å²) in [6.07, 6.45) is 0. The number of aryl methyl sites for hydroxylation is 1. The van der Waals surface area contributed by atoms with Crippen LogP contribution in [-0.2, 0) is 0 Å². The molecule has 0 fully saturated rings. The first-order valence-electron chi connectivity index (χ1n) is 6.60. The van der Waals surface area contributed by atoms with Gasteiger partial charge in [-0.05, 0) is 25.3 Å². The number of hydrogen-bond acceptors (Lipinski definition) is 3. The first-order valence-corrected chi connectivity index (χ1v) is 7.48. The average Bonchev–Trinajstić information content (AvgIpc) is 2.78. The molecule has 3 heteroatoms. The summed E-state index contributed by atoms with van der Waals surface area (Å²) in [5.41, 5.74) is 2.62. The van der Waals surface area contributed by atoms with E-state index in [1.165, 1.54) is 11.1 Å². The summed E-state index contributed by atoms with van der Waals surface area (Å²) in [5, 5.41) is 5.25. The summed E-state index contributed by atoms with van der Waals surface area (Å²) in [4.78, 5) is 4.59. The Morgan fingerprint density at radius 2 is 1.89 bits per heavy atom. The third-order valence-electron chi connectivity index (χ3n) is 3.34. The Morgan fingerprint density at radius 1 is 1.22 bits per heavy atom. The Balaban J connectivity index is 1.92. The van der Waals surface area contributed by atoms with Crippen molar-refractivity contribution in [3.8, 4) is 0 Å². The van der Waals surface area contributed by atoms with Gasteiger partial charge in [-0.1, -0.05) is 55.4 Å². The first kappa shape index (κ1) is 13.5. The van der Waals surface area contributed by atoms with Gasteiger partial charge < -0.3 is 5.32 Å². The van der Waals surface area contributed by atoms with E-state index >= 15 is 0 Å². The van der Waals surface area contributed by atoms with Crippen molar-refractivity contribution in [1.29, 1.82) is 0 Å². The topological polar surface area (TPSA) is 24.4 Å². The third kappa shape index (κ3) is 3.29. The number of amidine groups is 1. The first-order chi connectivity index (χ1) is 8.56. The second-order valence-electron chi connectivity index (χ2n) is 5.32. The molecule has 0 saturated carbocycles. The van der Waals surface area contributed by atoms with Gasteiger partial charge in [0.2, 0.25) is 0 Å². The molecule has 2 nitrogen and oxygen atoms in total. The minimum atomic E-state index is 0.322. The third-order valence-corrected chi connectivity index (χ3v) is 4.81. The monoisotopic (exact) mass is 262 g/mol. The minimum absolute atomic E-state index is 0.322. The Morgan fingerprint density at radius 3 is 2.44 bits per heavy atom. The summed E-state index contributed by atoms with van der Waals surface area (Å²) in [5.74, 6) is 0.688. The van der Waals surface area contributed by atoms with Gasteiger partial charge in [-0.3, -0.25) is 4.99 Å². The molecule has 0 aromatic heterocycles. The molecular weight excluding hydrogens is 240 g/mol. The smallest absolute Gasteiger partial charge is 0.157 e. The van der Waals surface area contributed by atoms with Crippen molar-refractivity contribution in [2.75, 3.05) is 6.54 Å². The summed E-state index contributed by atoms with van der Waals surface area (Å²) in [6.45, 7) is 9.78. The van der Waals surface area contributed by atoms with E-state index in [4.69, 9.17) is 0 Å². The predicted molar refractivity (Wildman–Crippen MR) is 81.2 cm³/mol. The van der Waals surface area contributed by atoms with Crippen LogP contribution in [0.2, 0.25) is 0 Å².